The number of hydrogen-bond donors (Lipinski definition) is 0. The molecule has 0 unspecified atom stereocenters. The monoisotopic (exact) mass is 464 g/mol. The third-order valence-corrected chi connectivity index (χ3v) is 7.77. The van der Waals surface area contributed by atoms with Crippen molar-refractivity contribution in [3.05, 3.63) is 86.5 Å². The Kier molecular flexibility index (Phi) is 19.0. The third kappa shape index (κ3) is 17.5. The number of thioether (sulfide) groups is 8. The van der Waals surface area contributed by atoms with Crippen molar-refractivity contribution >= 4 is 94.1 Å². The first-order valence-corrected chi connectivity index (χ1v) is 14.0. The lowest BCUT2D eigenvalue weighted by atomic mass is 11.2. The molecule has 128 valence electrons. The maximum Gasteiger partial charge on any atom is -0.0181 e. The van der Waals surface area contributed by atoms with Crippen molar-refractivity contribution < 1.29 is 0 Å². The molecule has 0 spiro atoms. The van der Waals surface area contributed by atoms with Crippen LogP contribution in [-0.2, 0) is 0 Å². The van der Waals surface area contributed by atoms with Crippen LogP contribution in [-0.4, -0.2) is 0 Å². The summed E-state index contributed by atoms with van der Waals surface area (Å²) in [6.07, 6.45) is 0. The molecule has 0 aliphatic carbocycles. The van der Waals surface area contributed by atoms with Gasteiger partial charge in [-0.3, -0.25) is 0 Å². The van der Waals surface area contributed by atoms with Gasteiger partial charge in [0, 0.05) is 0 Å². The van der Waals surface area contributed by atoms with Crippen LogP contribution in [0.2, 0.25) is 0 Å². The van der Waals surface area contributed by atoms with Crippen LogP contribution in [0.3, 0.4) is 0 Å². The molecule has 1 aliphatic heterocycles. The zero-order chi connectivity index (χ0) is 17.0. The highest BCUT2D eigenvalue weighted by Gasteiger charge is 1.78. The van der Waals surface area contributed by atoms with Crippen LogP contribution in [0.5, 0.6) is 0 Å². The first kappa shape index (κ1) is 22.8. The molecule has 0 bridgehead atoms. The van der Waals surface area contributed by atoms with E-state index in [1.54, 1.807) is 94.1 Å². The van der Waals surface area contributed by atoms with Crippen molar-refractivity contribution in [1.82, 2.24) is 0 Å². The van der Waals surface area contributed by atoms with Crippen LogP contribution in [0.25, 0.3) is 0 Å². The van der Waals surface area contributed by atoms with Gasteiger partial charge in [-0.05, 0) is 86.5 Å². The lowest BCUT2D eigenvalue weighted by Crippen LogP contribution is -1.49. The van der Waals surface area contributed by atoms with Crippen LogP contribution in [0.4, 0.5) is 0 Å². The average Bonchev–Trinajstić information content (AvgIpc) is 2.59. The summed E-state index contributed by atoms with van der Waals surface area (Å²) in [7, 11) is 0. The Hall–Kier alpha value is 0.720. The summed E-state index contributed by atoms with van der Waals surface area (Å²) >= 11 is 13.4. The molecular weight excluding hydrogens is 449 g/mol. The van der Waals surface area contributed by atoms with E-state index >= 15 is 0 Å². The van der Waals surface area contributed by atoms with Crippen LogP contribution in [0.1, 0.15) is 0 Å². The average molecular weight is 465 g/mol. The van der Waals surface area contributed by atoms with E-state index in [-0.39, 0.29) is 0 Å². The van der Waals surface area contributed by atoms with E-state index in [4.69, 9.17) is 0 Å². The van der Waals surface area contributed by atoms with Crippen molar-refractivity contribution in [3.63, 3.8) is 0 Å². The minimum absolute atomic E-state index is 1.68. The Morgan fingerprint density at radius 2 is 0.250 bits per heavy atom. The van der Waals surface area contributed by atoms with Gasteiger partial charge in [0.1, 0.15) is 0 Å². The Morgan fingerprint density at radius 3 is 0.333 bits per heavy atom. The smallest absolute Gasteiger partial charge is 0.0181 e. The van der Waals surface area contributed by atoms with Crippen LogP contribution >= 0.6 is 94.1 Å². The summed E-state index contributed by atoms with van der Waals surface area (Å²) in [6.45, 7) is 0. The topological polar surface area (TPSA) is 0 Å². The van der Waals surface area contributed by atoms with E-state index in [1.807, 2.05) is 0 Å². The Bertz CT molecular complexity index is 350. The van der Waals surface area contributed by atoms with E-state index in [0.29, 0.717) is 0 Å². The Labute approximate surface area is 179 Å². The van der Waals surface area contributed by atoms with Gasteiger partial charge >= 0.3 is 0 Å². The van der Waals surface area contributed by atoms with Gasteiger partial charge in [0.2, 0.25) is 0 Å². The molecule has 0 radical (unpaired) electrons. The minimum atomic E-state index is 1.68. The summed E-state index contributed by atoms with van der Waals surface area (Å²) in [6, 6.07) is 0. The molecule has 0 nitrogen and oxygen atoms in total. The normalized spacial score (nSPS) is 29.3. The molecule has 0 fully saturated rings. The van der Waals surface area contributed by atoms with Crippen LogP contribution in [0.15, 0.2) is 86.5 Å². The van der Waals surface area contributed by atoms with Gasteiger partial charge in [-0.25, -0.2) is 0 Å². The molecule has 1 rings (SSSR count). The van der Waals surface area contributed by atoms with Gasteiger partial charge < -0.3 is 0 Å². The molecule has 8 heteroatoms. The highest BCUT2D eigenvalue weighted by Crippen LogP contribution is 2.19. The maximum atomic E-state index is 2.08. The van der Waals surface area contributed by atoms with Gasteiger partial charge in [-0.15, -0.1) is 94.1 Å². The molecule has 0 aromatic rings. The molecule has 24 heavy (non-hydrogen) atoms. The summed E-state index contributed by atoms with van der Waals surface area (Å²) in [5.41, 5.74) is 0. The second kappa shape index (κ2) is 20.0. The molecular formula is C16H16S8. The highest BCUT2D eigenvalue weighted by molar-refractivity contribution is 8.12. The van der Waals surface area contributed by atoms with Crippen molar-refractivity contribution in [2.75, 3.05) is 0 Å². The molecule has 1 aliphatic rings. The van der Waals surface area contributed by atoms with E-state index in [9.17, 15) is 0 Å². The van der Waals surface area contributed by atoms with Crippen molar-refractivity contribution in [3.8, 4) is 0 Å². The summed E-state index contributed by atoms with van der Waals surface area (Å²) < 4.78 is 0. The van der Waals surface area contributed by atoms with E-state index in [2.05, 4.69) is 86.5 Å². The fraction of sp³-hybridized carbons (Fsp3) is 0. The Morgan fingerprint density at radius 1 is 0.167 bits per heavy atom. The molecule has 1 heterocycles. The quantitative estimate of drug-likeness (QED) is 0.343. The molecule has 0 saturated carbocycles. The molecule has 0 N–H and O–H groups in total. The fourth-order valence-electron chi connectivity index (χ4n) is 0.876. The lowest BCUT2D eigenvalue weighted by molar-refractivity contribution is 2.42. The first-order valence-electron chi connectivity index (χ1n) is 6.44. The first-order chi connectivity index (χ1) is 12.0. The van der Waals surface area contributed by atoms with Crippen molar-refractivity contribution in [1.29, 1.82) is 0 Å². The van der Waals surface area contributed by atoms with E-state index < -0.39 is 0 Å². The summed E-state index contributed by atoms with van der Waals surface area (Å²) in [5, 5.41) is 33.3. The number of rotatable bonds is 0. The Balaban J connectivity index is 2.40. The third-order valence-electron chi connectivity index (χ3n) is 1.70. The van der Waals surface area contributed by atoms with Crippen LogP contribution in [0, 0.1) is 0 Å². The predicted octanol–water partition coefficient (Wildman–Crippen LogP) is 9.64. The molecule has 0 aromatic heterocycles. The zero-order valence-corrected chi connectivity index (χ0v) is 19.0. The predicted molar refractivity (Wildman–Crippen MR) is 134 cm³/mol. The lowest BCUT2D eigenvalue weighted by Gasteiger charge is -1.86. The van der Waals surface area contributed by atoms with Crippen LogP contribution < -0.4 is 0 Å². The number of hydrogen-bond acceptors (Lipinski definition) is 8. The zero-order valence-electron chi connectivity index (χ0n) is 12.5. The van der Waals surface area contributed by atoms with E-state index in [0.717, 1.165) is 0 Å². The second-order valence-electron chi connectivity index (χ2n) is 3.27. The van der Waals surface area contributed by atoms with Gasteiger partial charge in [-0.1, -0.05) is 0 Å². The minimum Gasteiger partial charge on any atom is -0.105 e. The fourth-order valence-corrected chi connectivity index (χ4v) is 5.71. The molecule has 0 amide bonds. The van der Waals surface area contributed by atoms with Crippen molar-refractivity contribution in [2.45, 2.75) is 0 Å². The standard InChI is InChI=1S/C16H16S8/c1-2-18-5-6-20-9-10-22-13-14-24-16-15-23-12-11-21-8-7-19-4-3-17-1/h1-16H/b2-1-,4-3-,6-5-,8-7-,10-9-,12-11-,14-13-,16-15-. The SMILES string of the molecule is C1=C\S/C=C\S/C=C\S/C=C\S/C=C\S/C=C\S/C=C\S/C=C\S/1. The van der Waals surface area contributed by atoms with Gasteiger partial charge in [0.15, 0.2) is 0 Å². The maximum absolute atomic E-state index is 2.08. The van der Waals surface area contributed by atoms with Gasteiger partial charge in [0.05, 0.1) is 0 Å². The molecule has 0 aromatic carbocycles. The summed E-state index contributed by atoms with van der Waals surface area (Å²) in [4.78, 5) is 0. The van der Waals surface area contributed by atoms with Gasteiger partial charge in [0.25, 0.3) is 0 Å². The molecule has 0 saturated heterocycles. The second-order valence-corrected chi connectivity index (χ2v) is 9.80. The van der Waals surface area contributed by atoms with Crippen molar-refractivity contribution in [2.24, 2.45) is 0 Å². The molecule has 0 atom stereocenters. The summed E-state index contributed by atoms with van der Waals surface area (Å²) in [5.74, 6) is 0. The van der Waals surface area contributed by atoms with Gasteiger partial charge in [-0.2, -0.15) is 0 Å². The van der Waals surface area contributed by atoms with E-state index in [1.165, 1.54) is 0 Å². The highest BCUT2D eigenvalue weighted by atomic mass is 32.2. The largest absolute Gasteiger partial charge is 0.105 e.